The number of hydrogen-bond donors (Lipinski definition) is 1. The van der Waals surface area contributed by atoms with E-state index in [9.17, 15) is 13.2 Å². The van der Waals surface area contributed by atoms with Gasteiger partial charge in [0.1, 0.15) is 0 Å². The highest BCUT2D eigenvalue weighted by molar-refractivity contribution is 5.28. The van der Waals surface area contributed by atoms with Crippen LogP contribution in [0.1, 0.15) is 50.3 Å². The highest BCUT2D eigenvalue weighted by Crippen LogP contribution is 2.39. The first-order valence-electron chi connectivity index (χ1n) is 7.21. The van der Waals surface area contributed by atoms with Gasteiger partial charge in [0.15, 0.2) is 0 Å². The van der Waals surface area contributed by atoms with Gasteiger partial charge in [-0.15, -0.1) is 0 Å². The molecule has 0 saturated heterocycles. The van der Waals surface area contributed by atoms with E-state index in [0.717, 1.165) is 25.3 Å². The summed E-state index contributed by atoms with van der Waals surface area (Å²) in [5, 5.41) is 0. The summed E-state index contributed by atoms with van der Waals surface area (Å²) in [5.41, 5.74) is 6.22. The summed E-state index contributed by atoms with van der Waals surface area (Å²) in [7, 11) is 0. The van der Waals surface area contributed by atoms with Crippen LogP contribution in [-0.4, -0.2) is 0 Å². The van der Waals surface area contributed by atoms with Crippen LogP contribution in [0.4, 0.5) is 13.2 Å². The maximum atomic E-state index is 12.7. The maximum absolute atomic E-state index is 12.7. The molecule has 1 aliphatic carbocycles. The third kappa shape index (κ3) is 3.35. The van der Waals surface area contributed by atoms with Crippen LogP contribution < -0.4 is 5.73 Å². The molecule has 0 amide bonds. The van der Waals surface area contributed by atoms with Crippen molar-refractivity contribution in [2.45, 2.75) is 45.3 Å². The van der Waals surface area contributed by atoms with Crippen molar-refractivity contribution in [3.05, 3.63) is 35.4 Å². The molecule has 1 aromatic rings. The summed E-state index contributed by atoms with van der Waals surface area (Å²) in [5.74, 6) is 1.55. The van der Waals surface area contributed by atoms with E-state index in [4.69, 9.17) is 5.73 Å². The second-order valence-corrected chi connectivity index (χ2v) is 6.18. The maximum Gasteiger partial charge on any atom is 0.416 e. The Bertz CT molecular complexity index is 455. The SMILES string of the molecule is CC1CCC(C(N)c2cccc(C(F)(F)F)c2)CC1C. The molecule has 0 spiro atoms. The van der Waals surface area contributed by atoms with Crippen molar-refractivity contribution in [2.75, 3.05) is 0 Å². The molecule has 0 heterocycles. The summed E-state index contributed by atoms with van der Waals surface area (Å²) in [6.45, 7) is 4.44. The molecule has 0 radical (unpaired) electrons. The average Bonchev–Trinajstić information content (AvgIpc) is 2.40. The van der Waals surface area contributed by atoms with Gasteiger partial charge in [-0.3, -0.25) is 0 Å². The van der Waals surface area contributed by atoms with E-state index in [-0.39, 0.29) is 12.0 Å². The van der Waals surface area contributed by atoms with Crippen LogP contribution in [0.5, 0.6) is 0 Å². The van der Waals surface area contributed by atoms with E-state index in [1.807, 2.05) is 0 Å². The number of nitrogens with two attached hydrogens (primary N) is 1. The number of rotatable bonds is 2. The largest absolute Gasteiger partial charge is 0.416 e. The van der Waals surface area contributed by atoms with Crippen LogP contribution in [0, 0.1) is 17.8 Å². The van der Waals surface area contributed by atoms with Crippen molar-refractivity contribution in [1.82, 2.24) is 0 Å². The molecule has 4 heteroatoms. The third-order valence-electron chi connectivity index (χ3n) is 4.75. The lowest BCUT2D eigenvalue weighted by Crippen LogP contribution is -2.29. The third-order valence-corrected chi connectivity index (χ3v) is 4.75. The molecule has 1 aromatic carbocycles. The molecule has 0 aromatic heterocycles. The summed E-state index contributed by atoms with van der Waals surface area (Å²) in [6, 6.07) is 5.16. The van der Waals surface area contributed by atoms with Gasteiger partial charge in [0.25, 0.3) is 0 Å². The van der Waals surface area contributed by atoms with Crippen molar-refractivity contribution in [2.24, 2.45) is 23.5 Å². The first-order chi connectivity index (χ1) is 9.29. The lowest BCUT2D eigenvalue weighted by molar-refractivity contribution is -0.137. The van der Waals surface area contributed by atoms with Crippen molar-refractivity contribution >= 4 is 0 Å². The molecule has 0 bridgehead atoms. The molecular weight excluding hydrogens is 263 g/mol. The van der Waals surface area contributed by atoms with Gasteiger partial charge < -0.3 is 5.73 Å². The molecule has 4 unspecified atom stereocenters. The zero-order valence-corrected chi connectivity index (χ0v) is 12.0. The molecule has 112 valence electrons. The second kappa shape index (κ2) is 5.76. The highest BCUT2D eigenvalue weighted by atomic mass is 19.4. The van der Waals surface area contributed by atoms with E-state index in [0.29, 0.717) is 17.4 Å². The molecular formula is C16H22F3N. The summed E-state index contributed by atoms with van der Waals surface area (Å²) >= 11 is 0. The lowest BCUT2D eigenvalue weighted by Gasteiger charge is -2.35. The fourth-order valence-electron chi connectivity index (χ4n) is 3.11. The Morgan fingerprint density at radius 2 is 1.85 bits per heavy atom. The predicted octanol–water partition coefficient (Wildman–Crippen LogP) is 4.78. The van der Waals surface area contributed by atoms with E-state index >= 15 is 0 Å². The minimum Gasteiger partial charge on any atom is -0.324 e. The summed E-state index contributed by atoms with van der Waals surface area (Å²) in [6.07, 6.45) is -1.19. The molecule has 1 saturated carbocycles. The first-order valence-corrected chi connectivity index (χ1v) is 7.21. The Labute approximate surface area is 118 Å². The van der Waals surface area contributed by atoms with Crippen LogP contribution in [0.25, 0.3) is 0 Å². The fraction of sp³-hybridized carbons (Fsp3) is 0.625. The monoisotopic (exact) mass is 285 g/mol. The smallest absolute Gasteiger partial charge is 0.324 e. The predicted molar refractivity (Wildman–Crippen MR) is 74.0 cm³/mol. The van der Waals surface area contributed by atoms with Gasteiger partial charge >= 0.3 is 6.18 Å². The quantitative estimate of drug-likeness (QED) is 0.831. The van der Waals surface area contributed by atoms with Crippen LogP contribution in [0.15, 0.2) is 24.3 Å². The minimum absolute atomic E-state index is 0.282. The highest BCUT2D eigenvalue weighted by Gasteiger charge is 2.33. The average molecular weight is 285 g/mol. The topological polar surface area (TPSA) is 26.0 Å². The number of halogens is 3. The van der Waals surface area contributed by atoms with Crippen molar-refractivity contribution < 1.29 is 13.2 Å². The summed E-state index contributed by atoms with van der Waals surface area (Å²) in [4.78, 5) is 0. The van der Waals surface area contributed by atoms with Crippen molar-refractivity contribution in [1.29, 1.82) is 0 Å². The fourth-order valence-corrected chi connectivity index (χ4v) is 3.11. The summed E-state index contributed by atoms with van der Waals surface area (Å²) < 4.78 is 38.2. The Morgan fingerprint density at radius 1 is 1.15 bits per heavy atom. The van der Waals surface area contributed by atoms with E-state index in [2.05, 4.69) is 13.8 Å². The van der Waals surface area contributed by atoms with Gasteiger partial charge in [-0.05, 0) is 48.3 Å². The molecule has 20 heavy (non-hydrogen) atoms. The molecule has 1 nitrogen and oxygen atoms in total. The molecule has 2 rings (SSSR count). The van der Waals surface area contributed by atoms with E-state index < -0.39 is 11.7 Å². The Kier molecular flexibility index (Phi) is 4.43. The van der Waals surface area contributed by atoms with Crippen molar-refractivity contribution in [3.8, 4) is 0 Å². The Balaban J connectivity index is 2.15. The van der Waals surface area contributed by atoms with Crippen LogP contribution in [-0.2, 0) is 6.18 Å². The van der Waals surface area contributed by atoms with Gasteiger partial charge in [-0.25, -0.2) is 0 Å². The van der Waals surface area contributed by atoms with Gasteiger partial charge in [-0.1, -0.05) is 32.4 Å². The van der Waals surface area contributed by atoms with E-state index in [1.54, 1.807) is 6.07 Å². The Morgan fingerprint density at radius 3 is 2.45 bits per heavy atom. The van der Waals surface area contributed by atoms with Gasteiger partial charge in [0, 0.05) is 6.04 Å². The van der Waals surface area contributed by atoms with Gasteiger partial charge in [0.05, 0.1) is 5.56 Å². The van der Waals surface area contributed by atoms with Gasteiger partial charge in [0.2, 0.25) is 0 Å². The number of benzene rings is 1. The molecule has 4 atom stereocenters. The van der Waals surface area contributed by atoms with Crippen LogP contribution in [0.2, 0.25) is 0 Å². The normalized spacial score (nSPS) is 29.2. The first kappa shape index (κ1) is 15.4. The van der Waals surface area contributed by atoms with Gasteiger partial charge in [-0.2, -0.15) is 13.2 Å². The van der Waals surface area contributed by atoms with Crippen LogP contribution >= 0.6 is 0 Å². The number of alkyl halides is 3. The Hall–Kier alpha value is -1.03. The molecule has 1 fully saturated rings. The van der Waals surface area contributed by atoms with Crippen LogP contribution in [0.3, 0.4) is 0 Å². The number of hydrogen-bond acceptors (Lipinski definition) is 1. The minimum atomic E-state index is -4.30. The van der Waals surface area contributed by atoms with E-state index in [1.165, 1.54) is 12.1 Å². The van der Waals surface area contributed by atoms with Crippen molar-refractivity contribution in [3.63, 3.8) is 0 Å². The molecule has 1 aliphatic rings. The molecule has 2 N–H and O–H groups in total. The zero-order chi connectivity index (χ0) is 14.9. The second-order valence-electron chi connectivity index (χ2n) is 6.18. The zero-order valence-electron chi connectivity index (χ0n) is 12.0. The lowest BCUT2D eigenvalue weighted by atomic mass is 9.72. The molecule has 0 aliphatic heterocycles. The standard InChI is InChI=1S/C16H22F3N/c1-10-6-7-13(8-11(10)2)15(20)12-4-3-5-14(9-12)16(17,18)19/h3-5,9-11,13,15H,6-8,20H2,1-2H3.